The van der Waals surface area contributed by atoms with Gasteiger partial charge in [-0.15, -0.1) is 11.6 Å². The number of halogens is 2. The smallest absolute Gasteiger partial charge is 0.0231 e. The van der Waals surface area contributed by atoms with Gasteiger partial charge in [-0.1, -0.05) is 15.9 Å². The van der Waals surface area contributed by atoms with E-state index >= 15 is 0 Å². The molecule has 3 heteroatoms. The van der Waals surface area contributed by atoms with Crippen LogP contribution in [0.15, 0.2) is 0 Å². The quantitative estimate of drug-likeness (QED) is 0.640. The van der Waals surface area contributed by atoms with Crippen LogP contribution in [-0.2, 0) is 0 Å². The van der Waals surface area contributed by atoms with Gasteiger partial charge in [0, 0.05) is 11.2 Å². The molecular weight excluding hydrogens is 201 g/mol. The molecule has 0 radical (unpaired) electrons. The standard InChI is InChI=1S/C3H6BrCl.C3H9N/c4-2-1-3-5;1-4(2)3/h1-3H2;1-3H3. The number of hydrogen-bond donors (Lipinski definition) is 0. The highest BCUT2D eigenvalue weighted by Gasteiger charge is 1.71. The predicted molar refractivity (Wildman–Crippen MR) is 48.7 cm³/mol. The highest BCUT2D eigenvalue weighted by Crippen LogP contribution is 1.87. The molecule has 0 aromatic heterocycles. The first kappa shape index (κ1) is 12.4. The second-order valence-corrected chi connectivity index (χ2v) is 3.24. The van der Waals surface area contributed by atoms with Crippen LogP contribution in [-0.4, -0.2) is 37.3 Å². The minimum absolute atomic E-state index is 0.769. The Morgan fingerprint density at radius 3 is 1.67 bits per heavy atom. The van der Waals surface area contributed by atoms with Gasteiger partial charge in [0.15, 0.2) is 0 Å². The van der Waals surface area contributed by atoms with Crippen LogP contribution >= 0.6 is 27.5 Å². The molecule has 0 aliphatic rings. The zero-order valence-corrected chi connectivity index (χ0v) is 8.67. The second-order valence-electron chi connectivity index (χ2n) is 2.07. The summed E-state index contributed by atoms with van der Waals surface area (Å²) in [5.74, 6) is 0.769. The topological polar surface area (TPSA) is 3.24 Å². The zero-order valence-electron chi connectivity index (χ0n) is 6.32. The molecule has 0 heterocycles. The first-order chi connectivity index (χ1) is 4.15. The molecule has 1 nitrogen and oxygen atoms in total. The number of rotatable bonds is 2. The summed E-state index contributed by atoms with van der Waals surface area (Å²) in [6.07, 6.45) is 1.07. The fraction of sp³-hybridized carbons (Fsp3) is 1.00. The second kappa shape index (κ2) is 11.5. The molecule has 0 fully saturated rings. The Morgan fingerprint density at radius 2 is 1.67 bits per heavy atom. The Balaban J connectivity index is 0. The molecule has 9 heavy (non-hydrogen) atoms. The van der Waals surface area contributed by atoms with Crippen LogP contribution in [0.5, 0.6) is 0 Å². The normalized spacial score (nSPS) is 8.67. The monoisotopic (exact) mass is 215 g/mol. The van der Waals surface area contributed by atoms with Crippen molar-refractivity contribution in [3.63, 3.8) is 0 Å². The van der Waals surface area contributed by atoms with Crippen LogP contribution in [0.3, 0.4) is 0 Å². The number of nitrogens with zero attached hydrogens (tertiary/aromatic N) is 1. The third-order valence-electron chi connectivity index (χ3n) is 0.267. The summed E-state index contributed by atoms with van der Waals surface area (Å²) in [5, 5.41) is 1.02. The molecule has 0 rings (SSSR count). The Bertz CT molecular complexity index is 37.3. The van der Waals surface area contributed by atoms with Gasteiger partial charge >= 0.3 is 0 Å². The molecule has 0 aromatic carbocycles. The summed E-state index contributed by atoms with van der Waals surface area (Å²) in [5.41, 5.74) is 0. The fourth-order valence-corrected chi connectivity index (χ4v) is 0.787. The lowest BCUT2D eigenvalue weighted by Crippen LogP contribution is -1.99. The van der Waals surface area contributed by atoms with E-state index in [4.69, 9.17) is 11.6 Å². The van der Waals surface area contributed by atoms with Crippen LogP contribution in [0.25, 0.3) is 0 Å². The summed E-state index contributed by atoms with van der Waals surface area (Å²) in [6.45, 7) is 0. The van der Waals surface area contributed by atoms with E-state index < -0.39 is 0 Å². The lowest BCUT2D eigenvalue weighted by Gasteiger charge is -1.90. The lowest BCUT2D eigenvalue weighted by atomic mass is 10.6. The van der Waals surface area contributed by atoms with Gasteiger partial charge in [0.1, 0.15) is 0 Å². The summed E-state index contributed by atoms with van der Waals surface area (Å²) in [4.78, 5) is 2.00. The van der Waals surface area contributed by atoms with Crippen LogP contribution in [0.1, 0.15) is 6.42 Å². The van der Waals surface area contributed by atoms with E-state index in [0.717, 1.165) is 17.6 Å². The van der Waals surface area contributed by atoms with Crippen LogP contribution < -0.4 is 0 Å². The maximum atomic E-state index is 5.27. The average Bonchev–Trinajstić information content (AvgIpc) is 1.66. The summed E-state index contributed by atoms with van der Waals surface area (Å²) in [6, 6.07) is 0. The van der Waals surface area contributed by atoms with Crippen molar-refractivity contribution in [2.45, 2.75) is 6.42 Å². The van der Waals surface area contributed by atoms with Gasteiger partial charge in [-0.25, -0.2) is 0 Å². The minimum Gasteiger partial charge on any atom is -0.312 e. The van der Waals surface area contributed by atoms with Gasteiger partial charge in [0.2, 0.25) is 0 Å². The Labute approximate surface area is 71.5 Å². The predicted octanol–water partition coefficient (Wildman–Crippen LogP) is 2.19. The largest absolute Gasteiger partial charge is 0.312 e. The molecular formula is C6H15BrClN. The van der Waals surface area contributed by atoms with Gasteiger partial charge in [-0.05, 0) is 27.6 Å². The van der Waals surface area contributed by atoms with Gasteiger partial charge in [-0.3, -0.25) is 0 Å². The van der Waals surface area contributed by atoms with E-state index in [0.29, 0.717) is 0 Å². The molecule has 0 atom stereocenters. The Morgan fingerprint density at radius 1 is 1.33 bits per heavy atom. The number of hydrogen-bond acceptors (Lipinski definition) is 1. The summed E-state index contributed by atoms with van der Waals surface area (Å²) < 4.78 is 0. The average molecular weight is 217 g/mol. The molecule has 0 saturated heterocycles. The molecule has 0 aliphatic carbocycles. The maximum absolute atomic E-state index is 5.27. The Kier molecular flexibility index (Phi) is 15.9. The summed E-state index contributed by atoms with van der Waals surface area (Å²) in [7, 11) is 6.00. The van der Waals surface area contributed by atoms with Crippen LogP contribution in [0.2, 0.25) is 0 Å². The third kappa shape index (κ3) is 53.1. The van der Waals surface area contributed by atoms with Crippen molar-refractivity contribution in [2.75, 3.05) is 32.4 Å². The van der Waals surface area contributed by atoms with Crippen molar-refractivity contribution in [3.8, 4) is 0 Å². The van der Waals surface area contributed by atoms with E-state index in [1.165, 1.54) is 0 Å². The van der Waals surface area contributed by atoms with Crippen LogP contribution in [0, 0.1) is 0 Å². The summed E-state index contributed by atoms with van der Waals surface area (Å²) >= 11 is 8.50. The Hall–Kier alpha value is 0.730. The van der Waals surface area contributed by atoms with Crippen molar-refractivity contribution in [1.29, 1.82) is 0 Å². The molecule has 0 aromatic rings. The van der Waals surface area contributed by atoms with Gasteiger partial charge in [0.25, 0.3) is 0 Å². The first-order valence-corrected chi connectivity index (χ1v) is 4.53. The number of alkyl halides is 2. The van der Waals surface area contributed by atoms with Crippen LogP contribution in [0.4, 0.5) is 0 Å². The van der Waals surface area contributed by atoms with Crippen molar-refractivity contribution in [3.05, 3.63) is 0 Å². The van der Waals surface area contributed by atoms with Gasteiger partial charge in [-0.2, -0.15) is 0 Å². The fourth-order valence-electron chi connectivity index (χ4n) is 0.0505. The van der Waals surface area contributed by atoms with Crippen molar-refractivity contribution in [1.82, 2.24) is 4.90 Å². The van der Waals surface area contributed by atoms with E-state index in [2.05, 4.69) is 15.9 Å². The molecule has 0 N–H and O–H groups in total. The third-order valence-corrected chi connectivity index (χ3v) is 1.10. The van der Waals surface area contributed by atoms with E-state index in [1.807, 2.05) is 26.0 Å². The van der Waals surface area contributed by atoms with Gasteiger partial charge < -0.3 is 4.90 Å². The van der Waals surface area contributed by atoms with E-state index in [-0.39, 0.29) is 0 Å². The molecule has 0 amide bonds. The molecule has 0 saturated carbocycles. The van der Waals surface area contributed by atoms with Crippen molar-refractivity contribution < 1.29 is 0 Å². The highest BCUT2D eigenvalue weighted by molar-refractivity contribution is 9.09. The SMILES string of the molecule is CN(C)C.ClCCCBr. The van der Waals surface area contributed by atoms with Gasteiger partial charge in [0.05, 0.1) is 0 Å². The first-order valence-electron chi connectivity index (χ1n) is 2.88. The molecule has 0 spiro atoms. The molecule has 0 unspecified atom stereocenters. The maximum Gasteiger partial charge on any atom is 0.0231 e. The molecule has 0 aliphatic heterocycles. The minimum atomic E-state index is 0.769. The lowest BCUT2D eigenvalue weighted by molar-refractivity contribution is 0.505. The van der Waals surface area contributed by atoms with E-state index in [1.54, 1.807) is 0 Å². The van der Waals surface area contributed by atoms with Crippen molar-refractivity contribution in [2.24, 2.45) is 0 Å². The zero-order chi connectivity index (χ0) is 7.70. The van der Waals surface area contributed by atoms with E-state index in [9.17, 15) is 0 Å². The molecule has 58 valence electrons. The van der Waals surface area contributed by atoms with Crippen molar-refractivity contribution >= 4 is 27.5 Å². The molecule has 0 bridgehead atoms. The highest BCUT2D eigenvalue weighted by atomic mass is 79.9.